The first-order valence-electron chi connectivity index (χ1n) is 5.17. The summed E-state index contributed by atoms with van der Waals surface area (Å²) >= 11 is 0. The predicted octanol–water partition coefficient (Wildman–Crippen LogP) is 1.13. The molecular weight excluding hydrogens is 202 g/mol. The fourth-order valence-electron chi connectivity index (χ4n) is 0.953. The van der Waals surface area contributed by atoms with Crippen LogP contribution in [0.5, 0.6) is 0 Å². The molecule has 1 N–H and O–H groups in total. The summed E-state index contributed by atoms with van der Waals surface area (Å²) in [6.45, 7) is 5.68. The molecule has 0 atom stereocenters. The third kappa shape index (κ3) is 8.47. The molecule has 0 rings (SSSR count). The van der Waals surface area contributed by atoms with Gasteiger partial charge >= 0.3 is 0 Å². The summed E-state index contributed by atoms with van der Waals surface area (Å²) < 4.78 is 30.2. The topological polar surface area (TPSA) is 55.4 Å². The fraction of sp³-hybridized carbons (Fsp3) is 1.00. The maximum Gasteiger partial charge on any atom is 0.211 e. The Bertz CT molecular complexity index is 214. The largest absolute Gasteiger partial charge is 0.382 e. The summed E-state index contributed by atoms with van der Waals surface area (Å²) in [5, 5.41) is 0. The molecule has 5 heteroatoms. The Labute approximate surface area is 87.1 Å². The van der Waals surface area contributed by atoms with Crippen LogP contribution in [0.15, 0.2) is 0 Å². The van der Waals surface area contributed by atoms with Gasteiger partial charge in [-0.05, 0) is 19.8 Å². The lowest BCUT2D eigenvalue weighted by atomic mass is 10.4. The highest BCUT2D eigenvalue weighted by molar-refractivity contribution is 7.89. The highest BCUT2D eigenvalue weighted by atomic mass is 32.2. The second-order valence-electron chi connectivity index (χ2n) is 3.12. The maximum atomic E-state index is 11.3. The molecule has 0 radical (unpaired) electrons. The van der Waals surface area contributed by atoms with Gasteiger partial charge in [0.15, 0.2) is 0 Å². The van der Waals surface area contributed by atoms with Crippen molar-refractivity contribution in [1.82, 2.24) is 4.72 Å². The van der Waals surface area contributed by atoms with Gasteiger partial charge in [0.25, 0.3) is 0 Å². The Morgan fingerprint density at radius 2 is 1.93 bits per heavy atom. The molecule has 0 heterocycles. The van der Waals surface area contributed by atoms with Crippen molar-refractivity contribution in [2.45, 2.75) is 33.1 Å². The van der Waals surface area contributed by atoms with Crippen molar-refractivity contribution < 1.29 is 13.2 Å². The van der Waals surface area contributed by atoms with E-state index in [-0.39, 0.29) is 5.75 Å². The highest BCUT2D eigenvalue weighted by Crippen LogP contribution is 1.93. The molecule has 0 aromatic rings. The molecule has 0 saturated carbocycles. The minimum atomic E-state index is -3.04. The second-order valence-corrected chi connectivity index (χ2v) is 5.04. The molecule has 4 nitrogen and oxygen atoms in total. The normalized spacial score (nSPS) is 11.9. The van der Waals surface area contributed by atoms with Crippen molar-refractivity contribution in [1.29, 1.82) is 0 Å². The van der Waals surface area contributed by atoms with Gasteiger partial charge < -0.3 is 4.74 Å². The van der Waals surface area contributed by atoms with Crippen LogP contribution in [0.2, 0.25) is 0 Å². The smallest absolute Gasteiger partial charge is 0.211 e. The van der Waals surface area contributed by atoms with E-state index in [1.54, 1.807) is 0 Å². The molecule has 0 spiro atoms. The second kappa shape index (κ2) is 8.20. The Morgan fingerprint density at radius 3 is 2.50 bits per heavy atom. The van der Waals surface area contributed by atoms with Crippen molar-refractivity contribution in [3.63, 3.8) is 0 Å². The summed E-state index contributed by atoms with van der Waals surface area (Å²) in [6.07, 6.45) is 2.36. The Kier molecular flexibility index (Phi) is 8.12. The van der Waals surface area contributed by atoms with E-state index in [4.69, 9.17) is 4.74 Å². The number of sulfonamides is 1. The lowest BCUT2D eigenvalue weighted by Crippen LogP contribution is -2.27. The molecule has 0 aromatic heterocycles. The molecule has 0 saturated heterocycles. The van der Waals surface area contributed by atoms with E-state index >= 15 is 0 Å². The number of hydrogen-bond acceptors (Lipinski definition) is 3. The zero-order valence-electron chi connectivity index (χ0n) is 9.08. The fourth-order valence-corrected chi connectivity index (χ4v) is 2.22. The van der Waals surface area contributed by atoms with Crippen LogP contribution in [-0.2, 0) is 14.8 Å². The lowest BCUT2D eigenvalue weighted by Gasteiger charge is -2.05. The van der Waals surface area contributed by atoms with Gasteiger partial charge in [0, 0.05) is 19.8 Å². The molecule has 0 bridgehead atoms. The first-order valence-corrected chi connectivity index (χ1v) is 6.82. The van der Waals surface area contributed by atoms with Crippen LogP contribution in [0.1, 0.15) is 33.1 Å². The Morgan fingerprint density at radius 1 is 1.21 bits per heavy atom. The summed E-state index contributed by atoms with van der Waals surface area (Å²) in [5.74, 6) is 0.234. The van der Waals surface area contributed by atoms with Gasteiger partial charge in [-0.15, -0.1) is 0 Å². The van der Waals surface area contributed by atoms with Crippen LogP contribution >= 0.6 is 0 Å². The number of ether oxygens (including phenoxy) is 1. The molecule has 0 aliphatic carbocycles. The third-order valence-electron chi connectivity index (χ3n) is 1.76. The molecule has 14 heavy (non-hydrogen) atoms. The molecular formula is C9H21NO3S. The number of nitrogens with one attached hydrogen (secondary N) is 1. The van der Waals surface area contributed by atoms with Gasteiger partial charge in [-0.25, -0.2) is 13.1 Å². The molecule has 0 unspecified atom stereocenters. The van der Waals surface area contributed by atoms with Crippen molar-refractivity contribution in [2.24, 2.45) is 0 Å². The zero-order chi connectivity index (χ0) is 10.9. The predicted molar refractivity (Wildman–Crippen MR) is 57.8 cm³/mol. The Hall–Kier alpha value is -0.130. The molecule has 0 amide bonds. The molecule has 0 aliphatic rings. The van der Waals surface area contributed by atoms with Crippen molar-refractivity contribution in [3.05, 3.63) is 0 Å². The number of hydrogen-bond donors (Lipinski definition) is 1. The lowest BCUT2D eigenvalue weighted by molar-refractivity contribution is 0.146. The van der Waals surface area contributed by atoms with E-state index in [0.717, 1.165) is 19.3 Å². The summed E-state index contributed by atoms with van der Waals surface area (Å²) in [4.78, 5) is 0. The standard InChI is InChI=1S/C9H21NO3S/c1-3-5-9-14(11,12)10-7-6-8-13-4-2/h10H,3-9H2,1-2H3. The quantitative estimate of drug-likeness (QED) is 0.596. The van der Waals surface area contributed by atoms with E-state index in [9.17, 15) is 8.42 Å². The maximum absolute atomic E-state index is 11.3. The van der Waals surface area contributed by atoms with E-state index in [0.29, 0.717) is 19.8 Å². The van der Waals surface area contributed by atoms with Crippen LogP contribution in [0.3, 0.4) is 0 Å². The van der Waals surface area contributed by atoms with E-state index in [1.807, 2.05) is 13.8 Å². The van der Waals surface area contributed by atoms with E-state index in [1.165, 1.54) is 0 Å². The minimum Gasteiger partial charge on any atom is -0.382 e. The molecule has 0 fully saturated rings. The van der Waals surface area contributed by atoms with E-state index in [2.05, 4.69) is 4.72 Å². The average Bonchev–Trinajstić information content (AvgIpc) is 2.15. The first kappa shape index (κ1) is 13.9. The van der Waals surface area contributed by atoms with Crippen molar-refractivity contribution >= 4 is 10.0 Å². The number of unbranched alkanes of at least 4 members (excludes halogenated alkanes) is 1. The van der Waals surface area contributed by atoms with Crippen LogP contribution in [-0.4, -0.2) is 33.9 Å². The monoisotopic (exact) mass is 223 g/mol. The van der Waals surface area contributed by atoms with Crippen LogP contribution in [0.25, 0.3) is 0 Å². The Balaban J connectivity index is 3.46. The summed E-state index contributed by atoms with van der Waals surface area (Å²) in [7, 11) is -3.04. The summed E-state index contributed by atoms with van der Waals surface area (Å²) in [6, 6.07) is 0. The van der Waals surface area contributed by atoms with Crippen LogP contribution in [0, 0.1) is 0 Å². The van der Waals surface area contributed by atoms with E-state index < -0.39 is 10.0 Å². The molecule has 86 valence electrons. The SMILES string of the molecule is CCCCS(=O)(=O)NCCCOCC. The van der Waals surface area contributed by atoms with Crippen LogP contribution in [0.4, 0.5) is 0 Å². The van der Waals surface area contributed by atoms with Gasteiger partial charge in [-0.3, -0.25) is 0 Å². The van der Waals surface area contributed by atoms with Crippen molar-refractivity contribution in [3.8, 4) is 0 Å². The van der Waals surface area contributed by atoms with Gasteiger partial charge in [0.2, 0.25) is 10.0 Å². The summed E-state index contributed by atoms with van der Waals surface area (Å²) in [5.41, 5.74) is 0. The van der Waals surface area contributed by atoms with Gasteiger partial charge in [-0.2, -0.15) is 0 Å². The first-order chi connectivity index (χ1) is 6.62. The minimum absolute atomic E-state index is 0.234. The highest BCUT2D eigenvalue weighted by Gasteiger charge is 2.07. The van der Waals surface area contributed by atoms with Gasteiger partial charge in [-0.1, -0.05) is 13.3 Å². The molecule has 0 aromatic carbocycles. The average molecular weight is 223 g/mol. The van der Waals surface area contributed by atoms with Crippen molar-refractivity contribution in [2.75, 3.05) is 25.5 Å². The number of rotatable bonds is 9. The van der Waals surface area contributed by atoms with Crippen LogP contribution < -0.4 is 4.72 Å². The molecule has 0 aliphatic heterocycles. The van der Waals surface area contributed by atoms with Gasteiger partial charge in [0.05, 0.1) is 5.75 Å². The third-order valence-corrected chi connectivity index (χ3v) is 3.23. The van der Waals surface area contributed by atoms with Gasteiger partial charge in [0.1, 0.15) is 0 Å². The zero-order valence-corrected chi connectivity index (χ0v) is 9.90.